The number of amides is 1. The van der Waals surface area contributed by atoms with Gasteiger partial charge in [-0.05, 0) is 34.7 Å². The number of nitrogens with one attached hydrogen (secondary N) is 1. The number of hydrogen-bond donors (Lipinski definition) is 2. The predicted molar refractivity (Wildman–Crippen MR) is 78.8 cm³/mol. The fraction of sp³-hybridized carbons (Fsp3) is 0.364. The number of nitrogens with two attached hydrogens (primary N) is 1. The fourth-order valence-electron chi connectivity index (χ4n) is 1.03. The van der Waals surface area contributed by atoms with Crippen LogP contribution in [-0.4, -0.2) is 23.5 Å². The van der Waals surface area contributed by atoms with Crippen molar-refractivity contribution < 1.29 is 4.79 Å². The highest BCUT2D eigenvalue weighted by atomic mass is 127. The molecule has 0 saturated heterocycles. The molecular formula is C11H15IN2OS. The van der Waals surface area contributed by atoms with Crippen LogP contribution in [0.5, 0.6) is 0 Å². The Hall–Kier alpha value is -0.270. The Morgan fingerprint density at radius 3 is 2.88 bits per heavy atom. The van der Waals surface area contributed by atoms with Gasteiger partial charge in [0, 0.05) is 15.4 Å². The number of carbonyl (C=O) groups is 1. The summed E-state index contributed by atoms with van der Waals surface area (Å²) in [6, 6.07) is 7.72. The van der Waals surface area contributed by atoms with Crippen LogP contribution in [0.25, 0.3) is 0 Å². The maximum absolute atomic E-state index is 11.6. The molecule has 0 spiro atoms. The molecule has 1 rings (SSSR count). The summed E-state index contributed by atoms with van der Waals surface area (Å²) in [6.45, 7) is 2.62. The van der Waals surface area contributed by atoms with Crippen molar-refractivity contribution in [3.8, 4) is 0 Å². The average Bonchev–Trinajstić information content (AvgIpc) is 2.29. The number of benzene rings is 1. The first-order valence-corrected chi connectivity index (χ1v) is 7.12. The normalized spacial score (nSPS) is 12.2. The molecule has 0 bridgehead atoms. The molecule has 1 atom stereocenters. The van der Waals surface area contributed by atoms with Crippen LogP contribution in [0.4, 0.5) is 5.69 Å². The van der Waals surface area contributed by atoms with Crippen molar-refractivity contribution in [2.75, 3.05) is 17.6 Å². The Kier molecular flexibility index (Phi) is 6.15. The molecule has 16 heavy (non-hydrogen) atoms. The van der Waals surface area contributed by atoms with Gasteiger partial charge in [0.05, 0.1) is 11.4 Å². The molecule has 0 radical (unpaired) electrons. The lowest BCUT2D eigenvalue weighted by molar-refractivity contribution is -0.113. The number of thioether (sulfide) groups is 1. The van der Waals surface area contributed by atoms with Crippen molar-refractivity contribution in [1.29, 1.82) is 0 Å². The minimum atomic E-state index is 0.0226. The van der Waals surface area contributed by atoms with Gasteiger partial charge >= 0.3 is 0 Å². The summed E-state index contributed by atoms with van der Waals surface area (Å²) in [5.41, 5.74) is 6.35. The summed E-state index contributed by atoms with van der Waals surface area (Å²) < 4.78 is 1.05. The second kappa shape index (κ2) is 7.13. The van der Waals surface area contributed by atoms with Crippen LogP contribution in [0.15, 0.2) is 24.3 Å². The molecule has 1 aromatic rings. The minimum absolute atomic E-state index is 0.0226. The Morgan fingerprint density at radius 1 is 1.56 bits per heavy atom. The lowest BCUT2D eigenvalue weighted by Crippen LogP contribution is -2.19. The van der Waals surface area contributed by atoms with Crippen molar-refractivity contribution in [1.82, 2.24) is 0 Å². The molecule has 0 saturated carbocycles. The topological polar surface area (TPSA) is 55.1 Å². The van der Waals surface area contributed by atoms with Gasteiger partial charge in [-0.15, -0.1) is 11.8 Å². The molecule has 1 aromatic carbocycles. The molecule has 3 nitrogen and oxygen atoms in total. The van der Waals surface area contributed by atoms with Crippen LogP contribution in [-0.2, 0) is 4.79 Å². The lowest BCUT2D eigenvalue weighted by atomic mass is 10.3. The minimum Gasteiger partial charge on any atom is -0.329 e. The van der Waals surface area contributed by atoms with E-state index in [4.69, 9.17) is 5.73 Å². The van der Waals surface area contributed by atoms with Gasteiger partial charge in [-0.1, -0.05) is 19.1 Å². The monoisotopic (exact) mass is 350 g/mol. The van der Waals surface area contributed by atoms with Crippen LogP contribution in [0.2, 0.25) is 0 Å². The van der Waals surface area contributed by atoms with Crippen molar-refractivity contribution >= 4 is 45.9 Å². The largest absolute Gasteiger partial charge is 0.329 e. The van der Waals surface area contributed by atoms with Gasteiger partial charge in [0.15, 0.2) is 0 Å². The molecular weight excluding hydrogens is 335 g/mol. The van der Waals surface area contributed by atoms with E-state index in [0.717, 1.165) is 9.26 Å². The SMILES string of the molecule is CC(CN)SCC(=O)Nc1ccccc1I. The van der Waals surface area contributed by atoms with Crippen molar-refractivity contribution in [2.45, 2.75) is 12.2 Å². The van der Waals surface area contributed by atoms with Crippen LogP contribution in [0.3, 0.4) is 0 Å². The zero-order valence-electron chi connectivity index (χ0n) is 9.07. The van der Waals surface area contributed by atoms with E-state index >= 15 is 0 Å². The maximum Gasteiger partial charge on any atom is 0.234 e. The molecule has 3 N–H and O–H groups in total. The summed E-state index contributed by atoms with van der Waals surface area (Å²) in [6.07, 6.45) is 0. The second-order valence-electron chi connectivity index (χ2n) is 3.39. The van der Waals surface area contributed by atoms with Crippen LogP contribution in [0.1, 0.15) is 6.92 Å². The molecule has 0 aromatic heterocycles. The van der Waals surface area contributed by atoms with Crippen LogP contribution in [0, 0.1) is 3.57 Å². The number of carbonyl (C=O) groups excluding carboxylic acids is 1. The van der Waals surface area contributed by atoms with Gasteiger partial charge in [0.1, 0.15) is 0 Å². The van der Waals surface area contributed by atoms with E-state index in [9.17, 15) is 4.79 Å². The van der Waals surface area contributed by atoms with Crippen molar-refractivity contribution in [3.05, 3.63) is 27.8 Å². The van der Waals surface area contributed by atoms with Crippen LogP contribution < -0.4 is 11.1 Å². The van der Waals surface area contributed by atoms with Crippen molar-refractivity contribution in [2.24, 2.45) is 5.73 Å². The lowest BCUT2D eigenvalue weighted by Gasteiger charge is -2.09. The van der Waals surface area contributed by atoms with E-state index in [2.05, 4.69) is 27.9 Å². The third-order valence-electron chi connectivity index (χ3n) is 1.98. The van der Waals surface area contributed by atoms with Crippen LogP contribution >= 0.6 is 34.4 Å². The third kappa shape index (κ3) is 4.71. The number of para-hydroxylation sites is 1. The molecule has 5 heteroatoms. The van der Waals surface area contributed by atoms with Gasteiger partial charge in [0.2, 0.25) is 5.91 Å². The Labute approximate surface area is 114 Å². The first kappa shape index (κ1) is 13.8. The van der Waals surface area contributed by atoms with E-state index in [1.807, 2.05) is 31.2 Å². The summed E-state index contributed by atoms with van der Waals surface area (Å²) in [7, 11) is 0. The zero-order valence-corrected chi connectivity index (χ0v) is 12.0. The van der Waals surface area contributed by atoms with E-state index in [1.54, 1.807) is 11.8 Å². The highest BCUT2D eigenvalue weighted by Gasteiger charge is 2.07. The van der Waals surface area contributed by atoms with E-state index in [0.29, 0.717) is 17.5 Å². The molecule has 0 aliphatic rings. The molecule has 0 heterocycles. The van der Waals surface area contributed by atoms with E-state index in [-0.39, 0.29) is 5.91 Å². The summed E-state index contributed by atoms with van der Waals surface area (Å²) in [5.74, 6) is 0.470. The first-order valence-electron chi connectivity index (χ1n) is 4.99. The molecule has 1 amide bonds. The van der Waals surface area contributed by atoms with E-state index < -0.39 is 0 Å². The summed E-state index contributed by atoms with van der Waals surface area (Å²) in [5, 5.41) is 3.20. The predicted octanol–water partition coefficient (Wildman–Crippen LogP) is 2.31. The number of anilines is 1. The average molecular weight is 350 g/mol. The molecule has 0 aliphatic carbocycles. The van der Waals surface area contributed by atoms with Gasteiger partial charge in [-0.2, -0.15) is 0 Å². The Morgan fingerprint density at radius 2 is 2.25 bits per heavy atom. The van der Waals surface area contributed by atoms with E-state index in [1.165, 1.54) is 0 Å². The highest BCUT2D eigenvalue weighted by Crippen LogP contribution is 2.17. The van der Waals surface area contributed by atoms with Gasteiger partial charge in [-0.3, -0.25) is 4.79 Å². The fourth-order valence-corrected chi connectivity index (χ4v) is 2.20. The van der Waals surface area contributed by atoms with Gasteiger partial charge < -0.3 is 11.1 Å². The third-order valence-corrected chi connectivity index (χ3v) is 4.11. The number of hydrogen-bond acceptors (Lipinski definition) is 3. The standard InChI is InChI=1S/C11H15IN2OS/c1-8(6-13)16-7-11(15)14-10-5-3-2-4-9(10)12/h2-5,8H,6-7,13H2,1H3,(H,14,15). The summed E-state index contributed by atoms with van der Waals surface area (Å²) in [4.78, 5) is 11.6. The summed E-state index contributed by atoms with van der Waals surface area (Å²) >= 11 is 3.77. The van der Waals surface area contributed by atoms with Gasteiger partial charge in [0.25, 0.3) is 0 Å². The first-order chi connectivity index (χ1) is 7.63. The Bertz CT molecular complexity index is 360. The molecule has 0 aliphatic heterocycles. The zero-order chi connectivity index (χ0) is 12.0. The van der Waals surface area contributed by atoms with Gasteiger partial charge in [-0.25, -0.2) is 0 Å². The molecule has 0 fully saturated rings. The quantitative estimate of drug-likeness (QED) is 0.802. The Balaban J connectivity index is 2.43. The second-order valence-corrected chi connectivity index (χ2v) is 5.97. The number of rotatable bonds is 5. The number of halogens is 1. The molecule has 1 unspecified atom stereocenters. The highest BCUT2D eigenvalue weighted by molar-refractivity contribution is 14.1. The maximum atomic E-state index is 11.6. The molecule has 88 valence electrons. The van der Waals surface area contributed by atoms with Crippen molar-refractivity contribution in [3.63, 3.8) is 0 Å². The smallest absolute Gasteiger partial charge is 0.234 e.